The quantitative estimate of drug-likeness (QED) is 0.193. The van der Waals surface area contributed by atoms with E-state index in [2.05, 4.69) is 30.6 Å². The molecule has 14 nitrogen and oxygen atoms in total. The van der Waals surface area contributed by atoms with Crippen LogP contribution in [0.3, 0.4) is 0 Å². The third kappa shape index (κ3) is 9.30. The van der Waals surface area contributed by atoms with E-state index < -0.39 is 0 Å². The van der Waals surface area contributed by atoms with Crippen molar-refractivity contribution in [1.82, 2.24) is 24.9 Å². The molecule has 0 atom stereocenters. The summed E-state index contributed by atoms with van der Waals surface area (Å²) in [5.74, 6) is 2.64. The first-order valence-corrected chi connectivity index (χ1v) is 15.5. The second-order valence-electron chi connectivity index (χ2n) is 11.0. The number of rotatable bonds is 19. The number of ether oxygens (including phenoxy) is 5. The molecule has 0 N–H and O–H groups in total. The van der Waals surface area contributed by atoms with Crippen molar-refractivity contribution in [3.63, 3.8) is 0 Å². The van der Waals surface area contributed by atoms with Gasteiger partial charge >= 0.3 is 0 Å². The van der Waals surface area contributed by atoms with Gasteiger partial charge in [0, 0.05) is 101 Å². The topological polar surface area (TPSA) is 124 Å². The summed E-state index contributed by atoms with van der Waals surface area (Å²) in [6.07, 6.45) is 5.66. The van der Waals surface area contributed by atoms with E-state index in [1.807, 2.05) is 19.3 Å². The first kappa shape index (κ1) is 34.4. The third-order valence-corrected chi connectivity index (χ3v) is 7.89. The van der Waals surface area contributed by atoms with Crippen molar-refractivity contribution >= 4 is 34.6 Å². The fraction of sp³-hybridized carbons (Fsp3) is 0.645. The molecule has 4 rings (SSSR count). The minimum absolute atomic E-state index is 0.221. The Morgan fingerprint density at radius 1 is 0.756 bits per heavy atom. The normalized spacial score (nSPS) is 13.9. The molecule has 0 spiro atoms. The molecule has 248 valence electrons. The van der Waals surface area contributed by atoms with Crippen LogP contribution in [0.15, 0.2) is 24.5 Å². The van der Waals surface area contributed by atoms with Crippen molar-refractivity contribution < 1.29 is 23.7 Å². The van der Waals surface area contributed by atoms with Gasteiger partial charge in [-0.2, -0.15) is 9.97 Å². The summed E-state index contributed by atoms with van der Waals surface area (Å²) in [5.41, 5.74) is 2.44. The summed E-state index contributed by atoms with van der Waals surface area (Å²) in [4.78, 5) is 33.6. The molecule has 0 bridgehead atoms. The number of fused-ring (bicyclic) bond motifs is 1. The largest absolute Gasteiger partial charge is 0.383 e. The van der Waals surface area contributed by atoms with Crippen molar-refractivity contribution in [2.24, 2.45) is 0 Å². The van der Waals surface area contributed by atoms with Crippen LogP contribution in [-0.4, -0.2) is 139 Å². The van der Waals surface area contributed by atoms with Gasteiger partial charge in [-0.25, -0.2) is 9.97 Å². The van der Waals surface area contributed by atoms with Gasteiger partial charge in [0.1, 0.15) is 11.0 Å². The maximum absolute atomic E-state index is 5.68. The van der Waals surface area contributed by atoms with Gasteiger partial charge in [0.2, 0.25) is 11.9 Å². The van der Waals surface area contributed by atoms with E-state index in [1.165, 1.54) is 0 Å². The number of nitrogens with zero attached hydrogens (tertiary/aromatic N) is 9. The molecule has 0 unspecified atom stereocenters. The SMILES string of the molecule is COCCN(CCOC)c1nc(N2CCC(OC)CC2)c2nc(N(CCOC)CCOC)nc(N(C)Cc3cccnc3)c2n1. The van der Waals surface area contributed by atoms with Crippen molar-refractivity contribution in [3.8, 4) is 0 Å². The van der Waals surface area contributed by atoms with E-state index in [-0.39, 0.29) is 6.10 Å². The van der Waals surface area contributed by atoms with Gasteiger partial charge in [0.05, 0.1) is 32.5 Å². The lowest BCUT2D eigenvalue weighted by molar-refractivity contribution is 0.0818. The van der Waals surface area contributed by atoms with Crippen molar-refractivity contribution in [3.05, 3.63) is 30.1 Å². The number of piperidine rings is 1. The molecule has 0 aliphatic carbocycles. The summed E-state index contributed by atoms with van der Waals surface area (Å²) in [6.45, 7) is 6.68. The standard InChI is InChI=1S/C31H49N9O5/c1-37(23-24-8-7-11-32-22-24)28-26-27(34-30(35-28)39(14-18-41-2)15-19-42-3)29(38-12-9-25(45-6)10-13-38)36-31(33-26)40(16-20-43-4)17-21-44-5/h7-8,11,22,25H,9-10,12-21,23H2,1-6H3. The highest BCUT2D eigenvalue weighted by molar-refractivity contribution is 5.95. The Hall–Kier alpha value is -3.43. The molecule has 1 aliphatic heterocycles. The summed E-state index contributed by atoms with van der Waals surface area (Å²) >= 11 is 0. The molecule has 1 aliphatic rings. The fourth-order valence-corrected chi connectivity index (χ4v) is 5.31. The van der Waals surface area contributed by atoms with Gasteiger partial charge in [-0.15, -0.1) is 0 Å². The number of hydrogen-bond acceptors (Lipinski definition) is 14. The summed E-state index contributed by atoms with van der Waals surface area (Å²) in [5, 5.41) is 0. The van der Waals surface area contributed by atoms with Crippen LogP contribution < -0.4 is 19.6 Å². The lowest BCUT2D eigenvalue weighted by Gasteiger charge is -2.34. The molecule has 14 heteroatoms. The zero-order valence-corrected chi connectivity index (χ0v) is 27.6. The Bertz CT molecular complexity index is 1280. The van der Waals surface area contributed by atoms with E-state index >= 15 is 0 Å². The molecular formula is C31H49N9O5. The average Bonchev–Trinajstić information content (AvgIpc) is 3.08. The zero-order valence-electron chi connectivity index (χ0n) is 27.6. The smallest absolute Gasteiger partial charge is 0.228 e. The highest BCUT2D eigenvalue weighted by Gasteiger charge is 2.28. The lowest BCUT2D eigenvalue weighted by Crippen LogP contribution is -2.38. The number of anilines is 4. The van der Waals surface area contributed by atoms with Gasteiger partial charge < -0.3 is 43.3 Å². The number of aromatic nitrogens is 5. The Kier molecular flexibility index (Phi) is 13.7. The van der Waals surface area contributed by atoms with Crippen LogP contribution in [0.25, 0.3) is 11.0 Å². The van der Waals surface area contributed by atoms with E-state index in [0.29, 0.717) is 87.9 Å². The van der Waals surface area contributed by atoms with Crippen LogP contribution in [0, 0.1) is 0 Å². The van der Waals surface area contributed by atoms with E-state index in [0.717, 1.165) is 37.3 Å². The highest BCUT2D eigenvalue weighted by Crippen LogP contribution is 2.34. The van der Waals surface area contributed by atoms with Crippen molar-refractivity contribution in [2.45, 2.75) is 25.5 Å². The van der Waals surface area contributed by atoms with Crippen molar-refractivity contribution in [1.29, 1.82) is 0 Å². The number of hydrogen-bond donors (Lipinski definition) is 0. The molecule has 4 heterocycles. The first-order valence-electron chi connectivity index (χ1n) is 15.5. The average molecular weight is 628 g/mol. The summed E-state index contributed by atoms with van der Waals surface area (Å²) in [6, 6.07) is 4.00. The van der Waals surface area contributed by atoms with Gasteiger partial charge in [-0.3, -0.25) is 4.98 Å². The van der Waals surface area contributed by atoms with Crippen LogP contribution in [-0.2, 0) is 30.2 Å². The van der Waals surface area contributed by atoms with Crippen LogP contribution >= 0.6 is 0 Å². The molecule has 0 radical (unpaired) electrons. The number of pyridine rings is 1. The molecule has 1 saturated heterocycles. The second-order valence-corrected chi connectivity index (χ2v) is 11.0. The maximum Gasteiger partial charge on any atom is 0.228 e. The fourth-order valence-electron chi connectivity index (χ4n) is 5.31. The Morgan fingerprint density at radius 3 is 1.82 bits per heavy atom. The van der Waals surface area contributed by atoms with E-state index in [9.17, 15) is 0 Å². The molecule has 0 amide bonds. The predicted octanol–water partition coefficient (Wildman–Crippen LogP) is 2.26. The lowest BCUT2D eigenvalue weighted by atomic mass is 10.1. The van der Waals surface area contributed by atoms with Gasteiger partial charge in [0.25, 0.3) is 0 Å². The monoisotopic (exact) mass is 627 g/mol. The van der Waals surface area contributed by atoms with Crippen LogP contribution in [0.4, 0.5) is 23.5 Å². The highest BCUT2D eigenvalue weighted by atomic mass is 16.5. The van der Waals surface area contributed by atoms with Gasteiger partial charge in [-0.1, -0.05) is 6.07 Å². The Balaban J connectivity index is 1.92. The zero-order chi connectivity index (χ0) is 32.0. The van der Waals surface area contributed by atoms with E-state index in [4.69, 9.17) is 43.6 Å². The van der Waals surface area contributed by atoms with Crippen LogP contribution in [0.1, 0.15) is 18.4 Å². The Morgan fingerprint density at radius 2 is 1.31 bits per heavy atom. The molecule has 0 saturated carbocycles. The minimum atomic E-state index is 0.221. The van der Waals surface area contributed by atoms with Gasteiger partial charge in [-0.05, 0) is 24.5 Å². The predicted molar refractivity (Wildman–Crippen MR) is 176 cm³/mol. The van der Waals surface area contributed by atoms with Gasteiger partial charge in [0.15, 0.2) is 11.6 Å². The number of methoxy groups -OCH3 is 5. The molecular weight excluding hydrogens is 578 g/mol. The second kappa shape index (κ2) is 17.9. The molecule has 1 fully saturated rings. The summed E-state index contributed by atoms with van der Waals surface area (Å²) in [7, 11) is 10.6. The molecule has 0 aromatic carbocycles. The Labute approximate surface area is 266 Å². The first-order chi connectivity index (χ1) is 22.0. The van der Waals surface area contributed by atoms with E-state index in [1.54, 1.807) is 41.7 Å². The molecule has 45 heavy (non-hydrogen) atoms. The van der Waals surface area contributed by atoms with Crippen LogP contribution in [0.5, 0.6) is 0 Å². The minimum Gasteiger partial charge on any atom is -0.383 e. The van der Waals surface area contributed by atoms with Crippen LogP contribution in [0.2, 0.25) is 0 Å². The maximum atomic E-state index is 5.68. The molecule has 3 aromatic rings. The van der Waals surface area contributed by atoms with Crippen molar-refractivity contribution in [2.75, 3.05) is 128 Å². The summed E-state index contributed by atoms with van der Waals surface area (Å²) < 4.78 is 27.4. The third-order valence-electron chi connectivity index (χ3n) is 7.89. The molecule has 3 aromatic heterocycles.